The van der Waals surface area contributed by atoms with Gasteiger partial charge in [0.25, 0.3) is 0 Å². The lowest BCUT2D eigenvalue weighted by molar-refractivity contribution is 0.0702. The zero-order valence-electron chi connectivity index (χ0n) is 9.31. The number of ether oxygens (including phenoxy) is 1. The second-order valence-electron chi connectivity index (χ2n) is 3.38. The molecule has 0 fully saturated rings. The van der Waals surface area contributed by atoms with E-state index >= 15 is 0 Å². The van der Waals surface area contributed by atoms with E-state index < -0.39 is 5.97 Å². The highest BCUT2D eigenvalue weighted by atomic mass is 35.5. The van der Waals surface area contributed by atoms with Crippen LogP contribution in [0.25, 0.3) is 11.3 Å². The molecular weight excluding hydrogens is 276 g/mol. The van der Waals surface area contributed by atoms with E-state index in [0.717, 1.165) is 11.3 Å². The SMILES string of the molecule is COc1cc(-c2nc(N)sc2C(=O)O)ccc1Cl. The Hall–Kier alpha value is -1.79. The van der Waals surface area contributed by atoms with Crippen molar-refractivity contribution in [2.45, 2.75) is 0 Å². The summed E-state index contributed by atoms with van der Waals surface area (Å²) in [4.78, 5) is 15.2. The molecule has 0 atom stereocenters. The molecule has 3 N–H and O–H groups in total. The molecule has 1 aromatic heterocycles. The molecule has 0 aliphatic rings. The maximum Gasteiger partial charge on any atom is 0.348 e. The summed E-state index contributed by atoms with van der Waals surface area (Å²) in [7, 11) is 1.48. The predicted molar refractivity (Wildman–Crippen MR) is 70.5 cm³/mol. The number of thiazole rings is 1. The first kappa shape index (κ1) is 12.7. The molecule has 0 saturated heterocycles. The topological polar surface area (TPSA) is 85.4 Å². The molecule has 1 aromatic carbocycles. The normalized spacial score (nSPS) is 10.3. The van der Waals surface area contributed by atoms with E-state index in [1.807, 2.05) is 0 Å². The fraction of sp³-hybridized carbons (Fsp3) is 0.0909. The Morgan fingerprint density at radius 3 is 2.89 bits per heavy atom. The summed E-state index contributed by atoms with van der Waals surface area (Å²) in [6.07, 6.45) is 0. The highest BCUT2D eigenvalue weighted by molar-refractivity contribution is 7.17. The summed E-state index contributed by atoms with van der Waals surface area (Å²) in [6.45, 7) is 0. The second kappa shape index (κ2) is 4.83. The van der Waals surface area contributed by atoms with Gasteiger partial charge in [-0.3, -0.25) is 0 Å². The van der Waals surface area contributed by atoms with Crippen LogP contribution in [-0.2, 0) is 0 Å². The van der Waals surface area contributed by atoms with Crippen molar-refractivity contribution in [2.24, 2.45) is 0 Å². The molecule has 0 saturated carbocycles. The molecule has 0 bridgehead atoms. The number of carbonyl (C=O) groups is 1. The molecule has 94 valence electrons. The first-order valence-electron chi connectivity index (χ1n) is 4.86. The predicted octanol–water partition coefficient (Wildman–Crippen LogP) is 2.75. The van der Waals surface area contributed by atoms with Crippen LogP contribution in [0.4, 0.5) is 5.13 Å². The third kappa shape index (κ3) is 2.25. The highest BCUT2D eigenvalue weighted by Gasteiger charge is 2.18. The maximum atomic E-state index is 11.1. The lowest BCUT2D eigenvalue weighted by atomic mass is 10.1. The van der Waals surface area contributed by atoms with E-state index in [2.05, 4.69) is 4.98 Å². The minimum Gasteiger partial charge on any atom is -0.495 e. The second-order valence-corrected chi connectivity index (χ2v) is 4.82. The number of carboxylic acid groups (broad SMARTS) is 1. The van der Waals surface area contributed by atoms with E-state index in [-0.39, 0.29) is 10.0 Å². The molecule has 5 nitrogen and oxygen atoms in total. The van der Waals surface area contributed by atoms with Gasteiger partial charge in [0.2, 0.25) is 0 Å². The summed E-state index contributed by atoms with van der Waals surface area (Å²) < 4.78 is 5.08. The van der Waals surface area contributed by atoms with Gasteiger partial charge in [-0.25, -0.2) is 9.78 Å². The molecule has 2 rings (SSSR count). The van der Waals surface area contributed by atoms with E-state index in [1.54, 1.807) is 18.2 Å². The van der Waals surface area contributed by atoms with Gasteiger partial charge in [-0.2, -0.15) is 0 Å². The number of nitrogens with two attached hydrogens (primary N) is 1. The number of nitrogens with zero attached hydrogens (tertiary/aromatic N) is 1. The van der Waals surface area contributed by atoms with Crippen molar-refractivity contribution < 1.29 is 14.6 Å². The van der Waals surface area contributed by atoms with Crippen LogP contribution in [0, 0.1) is 0 Å². The number of aromatic nitrogens is 1. The number of hydrogen-bond acceptors (Lipinski definition) is 5. The van der Waals surface area contributed by atoms with Crippen molar-refractivity contribution in [3.8, 4) is 17.0 Å². The average Bonchev–Trinajstić information content (AvgIpc) is 2.72. The van der Waals surface area contributed by atoms with Crippen molar-refractivity contribution in [2.75, 3.05) is 12.8 Å². The zero-order valence-corrected chi connectivity index (χ0v) is 10.9. The fourth-order valence-electron chi connectivity index (χ4n) is 1.48. The lowest BCUT2D eigenvalue weighted by Gasteiger charge is -2.05. The van der Waals surface area contributed by atoms with Crippen molar-refractivity contribution in [3.63, 3.8) is 0 Å². The van der Waals surface area contributed by atoms with Gasteiger partial charge in [-0.05, 0) is 12.1 Å². The monoisotopic (exact) mass is 284 g/mol. The van der Waals surface area contributed by atoms with Crippen LogP contribution in [0.15, 0.2) is 18.2 Å². The van der Waals surface area contributed by atoms with E-state index in [4.69, 9.17) is 27.2 Å². The van der Waals surface area contributed by atoms with Gasteiger partial charge < -0.3 is 15.6 Å². The number of anilines is 1. The van der Waals surface area contributed by atoms with Gasteiger partial charge in [0.1, 0.15) is 10.6 Å². The van der Waals surface area contributed by atoms with Crippen LogP contribution in [0.1, 0.15) is 9.67 Å². The summed E-state index contributed by atoms with van der Waals surface area (Å²) in [5.41, 5.74) is 6.46. The van der Waals surface area contributed by atoms with Gasteiger partial charge in [-0.1, -0.05) is 29.0 Å². The third-order valence-electron chi connectivity index (χ3n) is 2.26. The number of aromatic carboxylic acids is 1. The number of rotatable bonds is 3. The Kier molecular flexibility index (Phi) is 3.40. The van der Waals surface area contributed by atoms with Gasteiger partial charge in [0.15, 0.2) is 5.13 Å². The molecule has 2 aromatic rings. The average molecular weight is 285 g/mol. The number of benzene rings is 1. The molecule has 0 amide bonds. The van der Waals surface area contributed by atoms with Crippen LogP contribution in [0.3, 0.4) is 0 Å². The number of halogens is 1. The van der Waals surface area contributed by atoms with Crippen molar-refractivity contribution in [1.82, 2.24) is 4.98 Å². The van der Waals surface area contributed by atoms with Gasteiger partial charge in [0, 0.05) is 5.56 Å². The quantitative estimate of drug-likeness (QED) is 0.905. The molecule has 0 spiro atoms. The molecule has 18 heavy (non-hydrogen) atoms. The number of methoxy groups -OCH3 is 1. The third-order valence-corrected chi connectivity index (χ3v) is 3.45. The number of carboxylic acids is 1. The first-order valence-corrected chi connectivity index (χ1v) is 6.06. The van der Waals surface area contributed by atoms with Crippen LogP contribution >= 0.6 is 22.9 Å². The van der Waals surface area contributed by atoms with Crippen molar-refractivity contribution >= 4 is 34.0 Å². The van der Waals surface area contributed by atoms with Crippen LogP contribution in [-0.4, -0.2) is 23.2 Å². The standard InChI is InChI=1S/C11H9ClN2O3S/c1-17-7-4-5(2-3-6(7)12)8-9(10(15)16)18-11(13)14-8/h2-4H,1H3,(H2,13,14)(H,15,16). The Morgan fingerprint density at radius 2 is 2.28 bits per heavy atom. The smallest absolute Gasteiger partial charge is 0.348 e. The molecule has 0 unspecified atom stereocenters. The first-order chi connectivity index (χ1) is 8.52. The zero-order chi connectivity index (χ0) is 13.3. The van der Waals surface area contributed by atoms with E-state index in [0.29, 0.717) is 22.0 Å². The minimum atomic E-state index is -1.06. The number of nitrogen functional groups attached to an aromatic ring is 1. The van der Waals surface area contributed by atoms with Gasteiger partial charge in [0.05, 0.1) is 17.8 Å². The molecule has 7 heteroatoms. The lowest BCUT2D eigenvalue weighted by Crippen LogP contribution is -1.96. The molecule has 0 radical (unpaired) electrons. The van der Waals surface area contributed by atoms with Crippen LogP contribution < -0.4 is 10.5 Å². The van der Waals surface area contributed by atoms with Crippen molar-refractivity contribution in [3.05, 3.63) is 28.1 Å². The highest BCUT2D eigenvalue weighted by Crippen LogP contribution is 2.34. The summed E-state index contributed by atoms with van der Waals surface area (Å²) in [5.74, 6) is -0.606. The Balaban J connectivity index is 2.58. The summed E-state index contributed by atoms with van der Waals surface area (Å²) >= 11 is 6.84. The van der Waals surface area contributed by atoms with Gasteiger partial charge >= 0.3 is 5.97 Å². The molecule has 0 aliphatic carbocycles. The van der Waals surface area contributed by atoms with Gasteiger partial charge in [-0.15, -0.1) is 0 Å². The Bertz CT molecular complexity index is 612. The van der Waals surface area contributed by atoms with Crippen LogP contribution in [0.5, 0.6) is 5.75 Å². The largest absolute Gasteiger partial charge is 0.495 e. The Morgan fingerprint density at radius 1 is 1.56 bits per heavy atom. The van der Waals surface area contributed by atoms with E-state index in [1.165, 1.54) is 7.11 Å². The Labute approximate surface area is 112 Å². The fourth-order valence-corrected chi connectivity index (χ4v) is 2.37. The summed E-state index contributed by atoms with van der Waals surface area (Å²) in [5, 5.41) is 9.73. The summed E-state index contributed by atoms with van der Waals surface area (Å²) in [6, 6.07) is 4.92. The van der Waals surface area contributed by atoms with E-state index in [9.17, 15) is 4.79 Å². The molecule has 1 heterocycles. The molecular formula is C11H9ClN2O3S. The minimum absolute atomic E-state index is 0.0943. The van der Waals surface area contributed by atoms with Crippen molar-refractivity contribution in [1.29, 1.82) is 0 Å². The number of hydrogen-bond donors (Lipinski definition) is 2. The maximum absolute atomic E-state index is 11.1. The molecule has 0 aliphatic heterocycles. The van der Waals surface area contributed by atoms with Crippen LogP contribution in [0.2, 0.25) is 5.02 Å².